The maximum Gasteiger partial charge on any atom is 0.173 e. The number of nitrogens with zero attached hydrogens (tertiary/aromatic N) is 6. The number of rotatable bonds is 9. The van der Waals surface area contributed by atoms with Gasteiger partial charge in [0.25, 0.3) is 0 Å². The van der Waals surface area contributed by atoms with Crippen LogP contribution in [0.25, 0.3) is 0 Å². The van der Waals surface area contributed by atoms with Crippen molar-refractivity contribution in [3.8, 4) is 17.2 Å². The highest BCUT2D eigenvalue weighted by Gasteiger charge is 2.36. The summed E-state index contributed by atoms with van der Waals surface area (Å²) in [6.45, 7) is 9.88. The van der Waals surface area contributed by atoms with E-state index >= 15 is 0 Å². The molecule has 0 unspecified atom stereocenters. The molecule has 0 radical (unpaired) electrons. The number of tetrazole rings is 1. The average Bonchev–Trinajstić information content (AvgIpc) is 3.39. The van der Waals surface area contributed by atoms with Crippen molar-refractivity contribution in [1.29, 1.82) is 0 Å². The van der Waals surface area contributed by atoms with Crippen molar-refractivity contribution in [3.05, 3.63) is 53.9 Å². The largest absolute Gasteiger partial charge is 0.497 e. The van der Waals surface area contributed by atoms with Crippen molar-refractivity contribution in [3.63, 3.8) is 0 Å². The van der Waals surface area contributed by atoms with Gasteiger partial charge in [0.05, 0.1) is 26.9 Å². The lowest BCUT2D eigenvalue weighted by Gasteiger charge is -2.41. The first kappa shape index (κ1) is 24.8. The first-order chi connectivity index (χ1) is 16.9. The van der Waals surface area contributed by atoms with Crippen LogP contribution < -0.4 is 19.1 Å². The Hall–Kier alpha value is -3.33. The van der Waals surface area contributed by atoms with Crippen LogP contribution in [0.4, 0.5) is 5.69 Å². The van der Waals surface area contributed by atoms with Crippen LogP contribution in [0, 0.1) is 0 Å². The van der Waals surface area contributed by atoms with Gasteiger partial charge in [-0.05, 0) is 48.9 Å². The Labute approximate surface area is 207 Å². The minimum Gasteiger partial charge on any atom is -0.497 e. The van der Waals surface area contributed by atoms with E-state index in [0.29, 0.717) is 11.5 Å². The highest BCUT2D eigenvalue weighted by Crippen LogP contribution is 2.41. The van der Waals surface area contributed by atoms with Gasteiger partial charge in [-0.2, -0.15) is 0 Å². The third-order valence-electron chi connectivity index (χ3n) is 7.00. The number of hydrogen-bond acceptors (Lipinski definition) is 8. The van der Waals surface area contributed by atoms with Crippen molar-refractivity contribution in [1.82, 2.24) is 25.1 Å². The second-order valence-electron chi connectivity index (χ2n) is 9.32. The Morgan fingerprint density at radius 3 is 2.34 bits per heavy atom. The molecule has 1 atom stereocenters. The standard InChI is InChI=1S/C26H36N6O3/c1-7-26(2,3)32-25(27-28-29-32)23(21-12-9-13-22(34-5)24(21)35-6)31-16-14-30(15-17-31)19-10-8-11-20(18-19)33-4/h8-13,18,23H,7,14-17H2,1-6H3/t23-/m1/s1. The Balaban J connectivity index is 1.71. The quantitative estimate of drug-likeness (QED) is 0.458. The molecule has 0 aliphatic carbocycles. The van der Waals surface area contributed by atoms with E-state index in [9.17, 15) is 0 Å². The monoisotopic (exact) mass is 480 g/mol. The average molecular weight is 481 g/mol. The summed E-state index contributed by atoms with van der Waals surface area (Å²) in [6.07, 6.45) is 0.899. The van der Waals surface area contributed by atoms with Crippen LogP contribution in [-0.2, 0) is 5.54 Å². The van der Waals surface area contributed by atoms with Crippen LogP contribution in [0.2, 0.25) is 0 Å². The molecule has 1 saturated heterocycles. The Morgan fingerprint density at radius 2 is 1.69 bits per heavy atom. The summed E-state index contributed by atoms with van der Waals surface area (Å²) < 4.78 is 18.9. The van der Waals surface area contributed by atoms with E-state index < -0.39 is 0 Å². The van der Waals surface area contributed by atoms with Crippen LogP contribution in [0.15, 0.2) is 42.5 Å². The fourth-order valence-electron chi connectivity index (χ4n) is 4.62. The van der Waals surface area contributed by atoms with Gasteiger partial charge in [-0.1, -0.05) is 25.1 Å². The summed E-state index contributed by atoms with van der Waals surface area (Å²) in [5.41, 5.74) is 1.92. The minimum atomic E-state index is -0.231. The molecule has 35 heavy (non-hydrogen) atoms. The van der Waals surface area contributed by atoms with Crippen molar-refractivity contribution in [2.45, 2.75) is 38.8 Å². The van der Waals surface area contributed by atoms with Gasteiger partial charge >= 0.3 is 0 Å². The lowest BCUT2D eigenvalue weighted by atomic mass is 9.98. The SMILES string of the molecule is CCC(C)(C)n1nnnc1[C@@H](c1cccc(OC)c1OC)N1CCN(c2cccc(OC)c2)CC1. The van der Waals surface area contributed by atoms with E-state index in [-0.39, 0.29) is 11.6 Å². The Bertz CT molecular complexity index is 1120. The van der Waals surface area contributed by atoms with Gasteiger partial charge in [-0.25, -0.2) is 4.68 Å². The number of para-hydroxylation sites is 1. The number of piperazine rings is 1. The fraction of sp³-hybridized carbons (Fsp3) is 0.500. The molecule has 0 N–H and O–H groups in total. The van der Waals surface area contributed by atoms with Crippen LogP contribution in [0.3, 0.4) is 0 Å². The summed E-state index contributed by atoms with van der Waals surface area (Å²) in [5, 5.41) is 13.1. The first-order valence-corrected chi connectivity index (χ1v) is 12.1. The zero-order valence-electron chi connectivity index (χ0n) is 21.6. The highest BCUT2D eigenvalue weighted by atomic mass is 16.5. The van der Waals surface area contributed by atoms with Gasteiger partial charge in [0.1, 0.15) is 11.8 Å². The normalized spacial score (nSPS) is 15.7. The topological polar surface area (TPSA) is 77.8 Å². The first-order valence-electron chi connectivity index (χ1n) is 12.1. The maximum atomic E-state index is 5.85. The third kappa shape index (κ3) is 4.91. The second-order valence-corrected chi connectivity index (χ2v) is 9.32. The summed E-state index contributed by atoms with van der Waals surface area (Å²) in [5.74, 6) is 3.07. The lowest BCUT2D eigenvalue weighted by molar-refractivity contribution is 0.183. The van der Waals surface area contributed by atoms with Gasteiger partial charge in [0.2, 0.25) is 0 Å². The molecule has 1 fully saturated rings. The summed E-state index contributed by atoms with van der Waals surface area (Å²) in [6, 6.07) is 14.0. The van der Waals surface area contributed by atoms with Crippen molar-refractivity contribution in [2.24, 2.45) is 0 Å². The van der Waals surface area contributed by atoms with Gasteiger partial charge < -0.3 is 19.1 Å². The third-order valence-corrected chi connectivity index (χ3v) is 7.00. The van der Waals surface area contributed by atoms with E-state index in [1.807, 2.05) is 28.9 Å². The van der Waals surface area contributed by atoms with Gasteiger partial charge in [-0.15, -0.1) is 5.10 Å². The molecule has 0 bridgehead atoms. The van der Waals surface area contributed by atoms with Gasteiger partial charge in [0, 0.05) is 43.5 Å². The van der Waals surface area contributed by atoms with E-state index in [0.717, 1.165) is 55.4 Å². The molecule has 9 heteroatoms. The molecule has 9 nitrogen and oxygen atoms in total. The van der Waals surface area contributed by atoms with Crippen molar-refractivity contribution >= 4 is 5.69 Å². The smallest absolute Gasteiger partial charge is 0.173 e. The number of ether oxygens (including phenoxy) is 3. The number of anilines is 1. The minimum absolute atomic E-state index is 0.187. The molecule has 1 aromatic heterocycles. The lowest BCUT2D eigenvalue weighted by Crippen LogP contribution is -2.49. The van der Waals surface area contributed by atoms with Gasteiger partial charge in [-0.3, -0.25) is 4.90 Å². The summed E-state index contributed by atoms with van der Waals surface area (Å²) >= 11 is 0. The van der Waals surface area contributed by atoms with Crippen molar-refractivity contribution < 1.29 is 14.2 Å². The van der Waals surface area contributed by atoms with E-state index in [1.54, 1.807) is 21.3 Å². The Morgan fingerprint density at radius 1 is 0.943 bits per heavy atom. The number of benzene rings is 2. The number of aromatic nitrogens is 4. The summed E-state index contributed by atoms with van der Waals surface area (Å²) in [7, 11) is 5.04. The number of methoxy groups -OCH3 is 3. The Kier molecular flexibility index (Phi) is 7.45. The van der Waals surface area contributed by atoms with E-state index in [4.69, 9.17) is 14.2 Å². The molecule has 2 aromatic carbocycles. The molecule has 0 saturated carbocycles. The van der Waals surface area contributed by atoms with Gasteiger partial charge in [0.15, 0.2) is 17.3 Å². The van der Waals surface area contributed by atoms with E-state index in [2.05, 4.69) is 64.3 Å². The molecule has 188 valence electrons. The fourth-order valence-corrected chi connectivity index (χ4v) is 4.62. The molecule has 2 heterocycles. The zero-order chi connectivity index (χ0) is 25.0. The van der Waals surface area contributed by atoms with Crippen LogP contribution in [0.1, 0.15) is 44.6 Å². The second kappa shape index (κ2) is 10.5. The molecule has 4 rings (SSSR count). The van der Waals surface area contributed by atoms with Crippen LogP contribution in [0.5, 0.6) is 17.2 Å². The van der Waals surface area contributed by atoms with Crippen LogP contribution in [-0.4, -0.2) is 72.6 Å². The molecule has 1 aliphatic rings. The molecule has 1 aliphatic heterocycles. The molecule has 0 spiro atoms. The molecule has 0 amide bonds. The predicted octanol–water partition coefficient (Wildman–Crippen LogP) is 3.76. The molecule has 3 aromatic rings. The van der Waals surface area contributed by atoms with Crippen molar-refractivity contribution in [2.75, 3.05) is 52.4 Å². The number of hydrogen-bond donors (Lipinski definition) is 0. The zero-order valence-corrected chi connectivity index (χ0v) is 21.6. The highest BCUT2D eigenvalue weighted by molar-refractivity contribution is 5.52. The summed E-state index contributed by atoms with van der Waals surface area (Å²) in [4.78, 5) is 4.82. The predicted molar refractivity (Wildman–Crippen MR) is 136 cm³/mol. The maximum absolute atomic E-state index is 5.85. The molecular formula is C26H36N6O3. The van der Waals surface area contributed by atoms with Crippen LogP contribution >= 0.6 is 0 Å². The van der Waals surface area contributed by atoms with E-state index in [1.165, 1.54) is 0 Å². The molecular weight excluding hydrogens is 444 g/mol.